The number of nitrogens with zero attached hydrogens (tertiary/aromatic N) is 1. The van der Waals surface area contributed by atoms with Crippen molar-refractivity contribution in [1.82, 2.24) is 0 Å². The molecule has 10 nitrogen and oxygen atoms in total. The topological polar surface area (TPSA) is 135 Å². The molecule has 2 aromatic rings. The molecule has 0 spiro atoms. The molecule has 0 unspecified atom stereocenters. The highest BCUT2D eigenvalue weighted by Gasteiger charge is 2.34. The quantitative estimate of drug-likeness (QED) is 0.260. The molecule has 0 atom stereocenters. The number of hydrogen-bond donors (Lipinski definition) is 0. The molecule has 1 aliphatic rings. The van der Waals surface area contributed by atoms with Crippen LogP contribution in [0.15, 0.2) is 34.4 Å². The summed E-state index contributed by atoms with van der Waals surface area (Å²) in [5.41, 5.74) is 0.0643. The number of rotatable bonds is 4. The molecule has 1 aromatic carbocycles. The van der Waals surface area contributed by atoms with E-state index in [-0.39, 0.29) is 34.3 Å². The van der Waals surface area contributed by atoms with Crippen LogP contribution in [0.3, 0.4) is 0 Å². The first-order valence-corrected chi connectivity index (χ1v) is 7.48. The molecule has 0 saturated heterocycles. The highest BCUT2D eigenvalue weighted by atomic mass is 16.6. The number of carbonyl (C=O) groups excluding carboxylic acids is 3. The lowest BCUT2D eigenvalue weighted by Crippen LogP contribution is -2.08. The van der Waals surface area contributed by atoms with Crippen LogP contribution in [0.2, 0.25) is 0 Å². The van der Waals surface area contributed by atoms with Gasteiger partial charge in [0.25, 0.3) is 0 Å². The van der Waals surface area contributed by atoms with Crippen LogP contribution in [0.25, 0.3) is 6.08 Å². The van der Waals surface area contributed by atoms with E-state index in [1.54, 1.807) is 0 Å². The van der Waals surface area contributed by atoms with Gasteiger partial charge in [-0.3, -0.25) is 24.5 Å². The zero-order valence-corrected chi connectivity index (χ0v) is 14.0. The minimum absolute atomic E-state index is 0.0205. The van der Waals surface area contributed by atoms with Crippen LogP contribution in [-0.4, -0.2) is 22.6 Å². The number of ketones is 1. The van der Waals surface area contributed by atoms with E-state index >= 15 is 0 Å². The molecule has 2 heterocycles. The second kappa shape index (κ2) is 6.75. The van der Waals surface area contributed by atoms with Crippen molar-refractivity contribution in [2.45, 2.75) is 13.8 Å². The predicted octanol–water partition coefficient (Wildman–Crippen LogP) is 2.65. The van der Waals surface area contributed by atoms with E-state index in [9.17, 15) is 24.5 Å². The Morgan fingerprint density at radius 1 is 1.11 bits per heavy atom. The van der Waals surface area contributed by atoms with Crippen LogP contribution in [-0.2, 0) is 9.59 Å². The Morgan fingerprint density at radius 2 is 1.81 bits per heavy atom. The molecule has 0 fully saturated rings. The van der Waals surface area contributed by atoms with Gasteiger partial charge in [0, 0.05) is 19.9 Å². The van der Waals surface area contributed by atoms with E-state index in [2.05, 4.69) is 0 Å². The number of Topliss-reactive ketones (excluding diaryl/α,β-unsaturated/α-hetero) is 1. The van der Waals surface area contributed by atoms with Gasteiger partial charge < -0.3 is 18.6 Å². The van der Waals surface area contributed by atoms with Crippen molar-refractivity contribution in [2.75, 3.05) is 0 Å². The zero-order valence-electron chi connectivity index (χ0n) is 14.0. The van der Waals surface area contributed by atoms with E-state index in [1.165, 1.54) is 24.3 Å². The fraction of sp³-hybridized carbons (Fsp3) is 0.118. The van der Waals surface area contributed by atoms with Gasteiger partial charge in [0.05, 0.1) is 11.6 Å². The molecule has 0 N–H and O–H groups in total. The minimum Gasteiger partial charge on any atom is -0.448 e. The lowest BCUT2D eigenvalue weighted by molar-refractivity contribution is -0.402. The number of esters is 2. The number of allylic oxidation sites excluding steroid dienone is 1. The summed E-state index contributed by atoms with van der Waals surface area (Å²) in [6, 6.07) is 5.05. The van der Waals surface area contributed by atoms with Crippen molar-refractivity contribution in [3.63, 3.8) is 0 Å². The Balaban J connectivity index is 2.02. The summed E-state index contributed by atoms with van der Waals surface area (Å²) in [7, 11) is 0. The second-order valence-electron chi connectivity index (χ2n) is 5.33. The summed E-state index contributed by atoms with van der Waals surface area (Å²) in [5.74, 6) is -3.06. The highest BCUT2D eigenvalue weighted by Crippen LogP contribution is 2.46. The summed E-state index contributed by atoms with van der Waals surface area (Å²) >= 11 is 0. The minimum atomic E-state index is -0.724. The number of hydrogen-bond acceptors (Lipinski definition) is 9. The van der Waals surface area contributed by atoms with E-state index in [0.717, 1.165) is 19.9 Å². The second-order valence-corrected chi connectivity index (χ2v) is 5.33. The average Bonchev–Trinajstić information content (AvgIpc) is 3.15. The number of carbonyl (C=O) groups is 3. The van der Waals surface area contributed by atoms with Crippen LogP contribution in [0.5, 0.6) is 17.2 Å². The normalized spacial score (nSPS) is 13.9. The summed E-state index contributed by atoms with van der Waals surface area (Å²) in [6.07, 6.45) is 1.17. The molecule has 138 valence electrons. The van der Waals surface area contributed by atoms with Crippen molar-refractivity contribution in [3.8, 4) is 17.2 Å². The molecule has 0 radical (unpaired) electrons. The predicted molar refractivity (Wildman–Crippen MR) is 87.4 cm³/mol. The fourth-order valence-electron chi connectivity index (χ4n) is 2.33. The maximum Gasteiger partial charge on any atom is 0.433 e. The van der Waals surface area contributed by atoms with Crippen molar-refractivity contribution < 1.29 is 37.9 Å². The fourth-order valence-corrected chi connectivity index (χ4v) is 2.33. The first-order valence-electron chi connectivity index (χ1n) is 7.48. The third-order valence-electron chi connectivity index (χ3n) is 3.32. The Bertz CT molecular complexity index is 1020. The van der Waals surface area contributed by atoms with Crippen molar-refractivity contribution >= 4 is 29.7 Å². The Labute approximate surface area is 151 Å². The Kier molecular flexibility index (Phi) is 4.46. The molecular weight excluding hydrogens is 362 g/mol. The van der Waals surface area contributed by atoms with E-state index < -0.39 is 28.5 Å². The van der Waals surface area contributed by atoms with E-state index in [1.807, 2.05) is 0 Å². The molecule has 1 aliphatic heterocycles. The van der Waals surface area contributed by atoms with Gasteiger partial charge in [-0.2, -0.15) is 0 Å². The SMILES string of the molecule is CC(=O)Oc1ccc2c(c1OC(C)=O)O/C(=C/c1ccc([N+](=O)[O-])o1)C2=O. The van der Waals surface area contributed by atoms with E-state index in [4.69, 9.17) is 18.6 Å². The molecule has 3 rings (SSSR count). The summed E-state index contributed by atoms with van der Waals surface area (Å²) in [6.45, 7) is 2.29. The largest absolute Gasteiger partial charge is 0.448 e. The molecule has 10 heteroatoms. The number of fused-ring (bicyclic) bond motifs is 1. The molecular formula is C17H11NO9. The van der Waals surface area contributed by atoms with Crippen LogP contribution in [0, 0.1) is 10.1 Å². The van der Waals surface area contributed by atoms with Gasteiger partial charge in [0.1, 0.15) is 10.7 Å². The van der Waals surface area contributed by atoms with Crippen LogP contribution < -0.4 is 14.2 Å². The number of nitro groups is 1. The van der Waals surface area contributed by atoms with Gasteiger partial charge in [-0.25, -0.2) is 0 Å². The van der Waals surface area contributed by atoms with Crippen LogP contribution in [0.1, 0.15) is 30.0 Å². The number of ether oxygens (including phenoxy) is 3. The van der Waals surface area contributed by atoms with Gasteiger partial charge in [-0.05, 0) is 18.2 Å². The standard InChI is InChI=1S/C17H11NO9/c1-8(19)24-12-5-4-11-15(21)13(27-16(11)17(12)25-9(2)20)7-10-3-6-14(26-10)18(22)23/h3-7H,1-2H3/b13-7+. The van der Waals surface area contributed by atoms with Gasteiger partial charge in [-0.1, -0.05) is 0 Å². The van der Waals surface area contributed by atoms with Gasteiger partial charge >= 0.3 is 17.8 Å². The molecule has 1 aromatic heterocycles. The van der Waals surface area contributed by atoms with Gasteiger partial charge in [0.15, 0.2) is 17.3 Å². The maximum absolute atomic E-state index is 12.5. The molecule has 0 aliphatic carbocycles. The smallest absolute Gasteiger partial charge is 0.433 e. The van der Waals surface area contributed by atoms with Crippen LogP contribution >= 0.6 is 0 Å². The summed E-state index contributed by atoms with van der Waals surface area (Å²) < 4.78 is 20.4. The monoisotopic (exact) mass is 373 g/mol. The van der Waals surface area contributed by atoms with Crippen molar-refractivity contribution in [3.05, 3.63) is 51.5 Å². The van der Waals surface area contributed by atoms with E-state index in [0.29, 0.717) is 0 Å². The Hall–Kier alpha value is -3.95. The number of furan rings is 1. The maximum atomic E-state index is 12.5. The third kappa shape index (κ3) is 3.54. The molecule has 0 saturated carbocycles. The average molecular weight is 373 g/mol. The molecule has 27 heavy (non-hydrogen) atoms. The first kappa shape index (κ1) is 17.9. The lowest BCUT2D eigenvalue weighted by atomic mass is 10.1. The molecule has 0 bridgehead atoms. The van der Waals surface area contributed by atoms with Crippen LogP contribution in [0.4, 0.5) is 5.88 Å². The number of benzene rings is 1. The molecule has 0 amide bonds. The first-order chi connectivity index (χ1) is 12.8. The summed E-state index contributed by atoms with van der Waals surface area (Å²) in [4.78, 5) is 45.0. The highest BCUT2D eigenvalue weighted by molar-refractivity contribution is 6.15. The Morgan fingerprint density at radius 3 is 2.41 bits per heavy atom. The van der Waals surface area contributed by atoms with Crippen molar-refractivity contribution in [1.29, 1.82) is 0 Å². The summed E-state index contributed by atoms with van der Waals surface area (Å²) in [5, 5.41) is 10.7. The van der Waals surface area contributed by atoms with Crippen molar-refractivity contribution in [2.24, 2.45) is 0 Å². The third-order valence-corrected chi connectivity index (χ3v) is 3.32. The zero-order chi connectivity index (χ0) is 19.7. The lowest BCUT2D eigenvalue weighted by Gasteiger charge is -2.11. The van der Waals surface area contributed by atoms with Gasteiger partial charge in [0.2, 0.25) is 11.5 Å². The van der Waals surface area contributed by atoms with Gasteiger partial charge in [-0.15, -0.1) is 0 Å².